The van der Waals surface area contributed by atoms with Crippen molar-refractivity contribution in [1.29, 1.82) is 0 Å². The Kier molecular flexibility index (Phi) is 8.61. The van der Waals surface area contributed by atoms with E-state index in [2.05, 4.69) is 11.8 Å². The molecule has 192 valence electrons. The predicted octanol–water partition coefficient (Wildman–Crippen LogP) is 3.72. The Balaban J connectivity index is 1.64. The number of phenolic OH excluding ortho intramolecular Hbond substituents is 1. The maximum atomic E-state index is 13.2. The summed E-state index contributed by atoms with van der Waals surface area (Å²) in [5.74, 6) is -0.905. The van der Waals surface area contributed by atoms with Crippen LogP contribution < -0.4 is 4.74 Å². The third-order valence-electron chi connectivity index (χ3n) is 6.60. The fourth-order valence-electron chi connectivity index (χ4n) is 4.63. The van der Waals surface area contributed by atoms with Gasteiger partial charge in [0.1, 0.15) is 17.3 Å². The first-order valence-corrected chi connectivity index (χ1v) is 12.6. The third-order valence-corrected chi connectivity index (χ3v) is 6.60. The van der Waals surface area contributed by atoms with Crippen LogP contribution in [0.4, 0.5) is 0 Å². The van der Waals surface area contributed by atoms with E-state index in [1.807, 2.05) is 0 Å². The highest BCUT2D eigenvalue weighted by molar-refractivity contribution is 6.46. The summed E-state index contributed by atoms with van der Waals surface area (Å²) in [6, 6.07) is 12.6. The second-order valence-electron chi connectivity index (χ2n) is 9.12. The van der Waals surface area contributed by atoms with Crippen LogP contribution in [0.5, 0.6) is 11.5 Å². The number of Topliss-reactive ketones (excluding diaryl/α,β-unsaturated/α-hetero) is 1. The average Bonchev–Trinajstić information content (AvgIpc) is 3.15. The van der Waals surface area contributed by atoms with Gasteiger partial charge in [-0.05, 0) is 42.7 Å². The molecule has 8 nitrogen and oxygen atoms in total. The van der Waals surface area contributed by atoms with Crippen LogP contribution in [-0.4, -0.2) is 77.7 Å². The maximum absolute atomic E-state index is 13.2. The van der Waals surface area contributed by atoms with E-state index in [1.54, 1.807) is 36.4 Å². The van der Waals surface area contributed by atoms with Crippen molar-refractivity contribution in [2.24, 2.45) is 0 Å². The lowest BCUT2D eigenvalue weighted by atomic mass is 9.95. The van der Waals surface area contributed by atoms with Crippen molar-refractivity contribution < 1.29 is 29.3 Å². The van der Waals surface area contributed by atoms with Crippen LogP contribution in [0.1, 0.15) is 43.4 Å². The van der Waals surface area contributed by atoms with Gasteiger partial charge in [-0.25, -0.2) is 0 Å². The monoisotopic (exact) mass is 494 g/mol. The molecule has 1 atom stereocenters. The number of rotatable bonds is 10. The second kappa shape index (κ2) is 12.1. The number of hydrogen-bond acceptors (Lipinski definition) is 7. The number of benzene rings is 2. The van der Waals surface area contributed by atoms with Crippen molar-refractivity contribution in [3.05, 3.63) is 65.2 Å². The van der Waals surface area contributed by atoms with E-state index in [0.717, 1.165) is 32.5 Å². The summed E-state index contributed by atoms with van der Waals surface area (Å²) >= 11 is 0. The molecule has 2 saturated heterocycles. The van der Waals surface area contributed by atoms with Crippen LogP contribution >= 0.6 is 0 Å². The van der Waals surface area contributed by atoms with Gasteiger partial charge in [-0.1, -0.05) is 37.6 Å². The number of morpholine rings is 1. The van der Waals surface area contributed by atoms with Gasteiger partial charge >= 0.3 is 0 Å². The zero-order valence-corrected chi connectivity index (χ0v) is 20.7. The van der Waals surface area contributed by atoms with Gasteiger partial charge in [0.2, 0.25) is 0 Å². The van der Waals surface area contributed by atoms with E-state index in [9.17, 15) is 19.8 Å². The lowest BCUT2D eigenvalue weighted by Gasteiger charge is -2.29. The van der Waals surface area contributed by atoms with Gasteiger partial charge in [0.15, 0.2) is 0 Å². The van der Waals surface area contributed by atoms with E-state index in [0.29, 0.717) is 49.7 Å². The normalized spacial score (nSPS) is 20.1. The molecule has 1 unspecified atom stereocenters. The molecular weight excluding hydrogens is 460 g/mol. The smallest absolute Gasteiger partial charge is 0.295 e. The van der Waals surface area contributed by atoms with E-state index < -0.39 is 17.7 Å². The van der Waals surface area contributed by atoms with E-state index in [1.165, 1.54) is 17.0 Å². The molecule has 0 bridgehead atoms. The molecule has 2 aliphatic rings. The summed E-state index contributed by atoms with van der Waals surface area (Å²) in [5.41, 5.74) is 1.11. The molecule has 2 heterocycles. The van der Waals surface area contributed by atoms with Crippen LogP contribution in [0.25, 0.3) is 5.76 Å². The van der Waals surface area contributed by atoms with E-state index >= 15 is 0 Å². The number of unbranched alkanes of at least 4 members (excludes halogenated alkanes) is 1. The molecule has 1 amide bonds. The van der Waals surface area contributed by atoms with Crippen LogP contribution in [0.2, 0.25) is 0 Å². The van der Waals surface area contributed by atoms with E-state index in [4.69, 9.17) is 9.47 Å². The van der Waals surface area contributed by atoms with Gasteiger partial charge in [0, 0.05) is 31.7 Å². The zero-order valence-electron chi connectivity index (χ0n) is 20.7. The number of nitrogens with zero attached hydrogens (tertiary/aromatic N) is 2. The first-order chi connectivity index (χ1) is 17.5. The minimum absolute atomic E-state index is 0.0442. The standard InChI is InChI=1S/C28H34N2O6/c1-2-3-16-36-23-7-4-6-21(19-23)26(32)24-25(20-8-10-22(31)11-9-20)30(28(34)27(24)33)13-5-12-29-14-17-35-18-15-29/h4,6-11,19,25,31-32H,2-3,5,12-18H2,1H3/b26-24+. The Morgan fingerprint density at radius 1 is 1.06 bits per heavy atom. The summed E-state index contributed by atoms with van der Waals surface area (Å²) < 4.78 is 11.2. The molecule has 2 fully saturated rings. The highest BCUT2D eigenvalue weighted by Gasteiger charge is 2.45. The molecule has 2 aliphatic heterocycles. The number of aliphatic hydroxyl groups excluding tert-OH is 1. The highest BCUT2D eigenvalue weighted by Crippen LogP contribution is 2.40. The van der Waals surface area contributed by atoms with Crippen molar-refractivity contribution in [2.75, 3.05) is 46.0 Å². The molecular formula is C28H34N2O6. The first-order valence-electron chi connectivity index (χ1n) is 12.6. The van der Waals surface area contributed by atoms with Gasteiger partial charge in [-0.3, -0.25) is 14.5 Å². The number of ketones is 1. The average molecular weight is 495 g/mol. The van der Waals surface area contributed by atoms with Gasteiger partial charge in [0.05, 0.1) is 31.4 Å². The summed E-state index contributed by atoms with van der Waals surface area (Å²) in [7, 11) is 0. The number of likely N-dealkylation sites (tertiary alicyclic amines) is 1. The predicted molar refractivity (Wildman–Crippen MR) is 136 cm³/mol. The topological polar surface area (TPSA) is 99.5 Å². The fourth-order valence-corrected chi connectivity index (χ4v) is 4.63. The van der Waals surface area contributed by atoms with E-state index in [-0.39, 0.29) is 17.1 Å². The Morgan fingerprint density at radius 3 is 2.53 bits per heavy atom. The molecule has 0 saturated carbocycles. The summed E-state index contributed by atoms with van der Waals surface area (Å²) in [6.45, 7) is 6.86. The first kappa shape index (κ1) is 25.7. The molecule has 0 radical (unpaired) electrons. The lowest BCUT2D eigenvalue weighted by molar-refractivity contribution is -0.140. The molecule has 8 heteroatoms. The Labute approximate surface area is 211 Å². The van der Waals surface area contributed by atoms with Crippen molar-refractivity contribution in [3.8, 4) is 11.5 Å². The van der Waals surface area contributed by atoms with Crippen LogP contribution in [0.3, 0.4) is 0 Å². The summed E-state index contributed by atoms with van der Waals surface area (Å²) in [6.07, 6.45) is 2.59. The molecule has 0 spiro atoms. The van der Waals surface area contributed by atoms with Gasteiger partial charge in [-0.15, -0.1) is 0 Å². The number of hydrogen-bond donors (Lipinski definition) is 2. The quantitative estimate of drug-likeness (QED) is 0.225. The van der Waals surface area contributed by atoms with Crippen molar-refractivity contribution in [1.82, 2.24) is 9.80 Å². The highest BCUT2D eigenvalue weighted by atomic mass is 16.5. The summed E-state index contributed by atoms with van der Waals surface area (Å²) in [4.78, 5) is 30.2. The molecule has 2 aromatic carbocycles. The zero-order chi connectivity index (χ0) is 25.5. The van der Waals surface area contributed by atoms with Crippen LogP contribution in [0, 0.1) is 0 Å². The van der Waals surface area contributed by atoms with Gasteiger partial charge in [0.25, 0.3) is 11.7 Å². The number of carbonyl (C=O) groups excluding carboxylic acids is 2. The molecule has 2 aromatic rings. The fraction of sp³-hybridized carbons (Fsp3) is 0.429. The Hall–Kier alpha value is -3.36. The number of amides is 1. The number of phenols is 1. The molecule has 2 N–H and O–H groups in total. The van der Waals surface area contributed by atoms with Crippen molar-refractivity contribution in [2.45, 2.75) is 32.2 Å². The molecule has 4 rings (SSSR count). The Bertz CT molecular complexity index is 1090. The number of aliphatic hydroxyl groups is 1. The number of aromatic hydroxyl groups is 1. The van der Waals surface area contributed by atoms with Gasteiger partial charge in [-0.2, -0.15) is 0 Å². The van der Waals surface area contributed by atoms with Crippen LogP contribution in [-0.2, 0) is 14.3 Å². The molecule has 0 aromatic heterocycles. The van der Waals surface area contributed by atoms with Crippen molar-refractivity contribution >= 4 is 17.4 Å². The van der Waals surface area contributed by atoms with Crippen LogP contribution in [0.15, 0.2) is 54.1 Å². The van der Waals surface area contributed by atoms with Gasteiger partial charge < -0.3 is 24.6 Å². The number of carbonyl (C=O) groups is 2. The number of ether oxygens (including phenoxy) is 2. The third kappa shape index (κ3) is 5.88. The lowest BCUT2D eigenvalue weighted by Crippen LogP contribution is -2.38. The minimum Gasteiger partial charge on any atom is -0.508 e. The second-order valence-corrected chi connectivity index (χ2v) is 9.12. The molecule has 0 aliphatic carbocycles. The molecule has 36 heavy (non-hydrogen) atoms. The van der Waals surface area contributed by atoms with Crippen molar-refractivity contribution in [3.63, 3.8) is 0 Å². The Morgan fingerprint density at radius 2 is 1.81 bits per heavy atom. The summed E-state index contributed by atoms with van der Waals surface area (Å²) in [5, 5.41) is 21.1. The largest absolute Gasteiger partial charge is 0.508 e. The SMILES string of the molecule is CCCCOc1cccc(/C(O)=C2\C(=O)C(=O)N(CCCN3CCOCC3)C2c2ccc(O)cc2)c1. The maximum Gasteiger partial charge on any atom is 0.295 e. The minimum atomic E-state index is -0.750.